The van der Waals surface area contributed by atoms with Gasteiger partial charge in [0.2, 0.25) is 0 Å². The van der Waals surface area contributed by atoms with E-state index >= 15 is 0 Å². The predicted molar refractivity (Wildman–Crippen MR) is 163 cm³/mol. The number of ether oxygens (including phenoxy) is 2. The van der Waals surface area contributed by atoms with Crippen LogP contribution < -0.4 is 5.73 Å². The van der Waals surface area contributed by atoms with Crippen LogP contribution >= 0.6 is 11.3 Å². The predicted octanol–water partition coefficient (Wildman–Crippen LogP) is 5.37. The lowest BCUT2D eigenvalue weighted by molar-refractivity contribution is -0.159. The highest BCUT2D eigenvalue weighted by Crippen LogP contribution is 2.34. The summed E-state index contributed by atoms with van der Waals surface area (Å²) in [4.78, 5) is 44.1. The molecule has 0 amide bonds. The van der Waals surface area contributed by atoms with E-state index in [1.807, 2.05) is 51.3 Å². The van der Waals surface area contributed by atoms with Crippen molar-refractivity contribution in [3.8, 4) is 0 Å². The Bertz CT molecular complexity index is 1130. The van der Waals surface area contributed by atoms with Crippen LogP contribution in [0.4, 0.5) is 0 Å². The quantitative estimate of drug-likeness (QED) is 0.306. The van der Waals surface area contributed by atoms with Crippen LogP contribution in [0.25, 0.3) is 6.08 Å². The largest absolute Gasteiger partial charge is 0.457 e. The second kappa shape index (κ2) is 16.2. The second-order valence-electron chi connectivity index (χ2n) is 11.7. The summed E-state index contributed by atoms with van der Waals surface area (Å²) in [7, 11) is 0. The third kappa shape index (κ3) is 10.7. The van der Waals surface area contributed by atoms with E-state index in [4.69, 9.17) is 15.2 Å². The van der Waals surface area contributed by atoms with Gasteiger partial charge in [-0.2, -0.15) is 0 Å². The Balaban J connectivity index is 2.45. The number of hydrogen-bond donors (Lipinski definition) is 2. The average molecular weight is 589 g/mol. The average Bonchev–Trinajstić information content (AvgIpc) is 3.33. The Kier molecular flexibility index (Phi) is 13.8. The first-order chi connectivity index (χ1) is 19.3. The summed E-state index contributed by atoms with van der Waals surface area (Å²) in [6.45, 7) is 13.0. The van der Waals surface area contributed by atoms with Crippen molar-refractivity contribution in [2.75, 3.05) is 13.2 Å². The number of thiazole rings is 1. The maximum Gasteiger partial charge on any atom is 0.309 e. The van der Waals surface area contributed by atoms with Crippen molar-refractivity contribution in [1.29, 1.82) is 0 Å². The smallest absolute Gasteiger partial charge is 0.309 e. The Hall–Kier alpha value is -2.46. The molecule has 1 aromatic rings. The number of carbonyl (C=O) groups is 3. The van der Waals surface area contributed by atoms with Crippen molar-refractivity contribution in [1.82, 2.24) is 4.98 Å². The van der Waals surface area contributed by atoms with Crippen molar-refractivity contribution in [3.05, 3.63) is 45.5 Å². The third-order valence-electron chi connectivity index (χ3n) is 7.72. The molecule has 3 N–H and O–H groups in total. The standard InChI is InChI=1S/C32H48N2O6S/c1-20-10-8-11-21(2)30(37)23(4)31(38)32(6,7)28(39-18-26(35)12-9-15-33)17-29(36)40-27(14-13-20)22(3)16-25-19-41-24(5)34-25/h8,11,13,16,19,21,23,27-28,30,37H,9-10,12,14-15,17-18,33H2,1-7H3/b11-8-,20-13-,22-16+/t21-,23+,27-,28-,30-/m0/s1. The molecule has 0 radical (unpaired) electrons. The first-order valence-corrected chi connectivity index (χ1v) is 15.3. The van der Waals surface area contributed by atoms with Gasteiger partial charge in [0.15, 0.2) is 5.78 Å². The number of aryl methyl sites for hydroxylation is 1. The Morgan fingerprint density at radius 1 is 1.29 bits per heavy atom. The van der Waals surface area contributed by atoms with Crippen LogP contribution in [0.2, 0.25) is 0 Å². The van der Waals surface area contributed by atoms with Gasteiger partial charge in [-0.1, -0.05) is 51.5 Å². The van der Waals surface area contributed by atoms with E-state index in [1.54, 1.807) is 32.1 Å². The Morgan fingerprint density at radius 2 is 2.00 bits per heavy atom. The van der Waals surface area contributed by atoms with Crippen molar-refractivity contribution >= 4 is 34.9 Å². The van der Waals surface area contributed by atoms with Gasteiger partial charge in [0.1, 0.15) is 18.5 Å². The normalized spacial score (nSPS) is 29.0. The SMILES string of the molecule is C/C1=C/C[C@@H](/C(C)=C/c2csc(C)n2)OC(=O)C[C@H](OCC(=O)CCCN)C(C)(C)C(=O)[C@H](C)[C@@H](O)[C@@H](C)/C=C\C1. The summed E-state index contributed by atoms with van der Waals surface area (Å²) in [5.74, 6) is -1.90. The van der Waals surface area contributed by atoms with Gasteiger partial charge < -0.3 is 20.3 Å². The lowest BCUT2D eigenvalue weighted by Crippen LogP contribution is -2.47. The zero-order chi connectivity index (χ0) is 30.7. The number of cyclic esters (lactones) is 1. The Labute approximate surface area is 249 Å². The number of ketones is 2. The van der Waals surface area contributed by atoms with Crippen LogP contribution in [0, 0.1) is 24.2 Å². The van der Waals surface area contributed by atoms with Gasteiger partial charge in [-0.05, 0) is 51.8 Å². The van der Waals surface area contributed by atoms with Gasteiger partial charge >= 0.3 is 5.97 Å². The number of aliphatic hydroxyl groups excluding tert-OH is 1. The summed E-state index contributed by atoms with van der Waals surface area (Å²) in [5, 5.41) is 13.9. The molecule has 1 aromatic heterocycles. The second-order valence-corrected chi connectivity index (χ2v) is 12.8. The minimum absolute atomic E-state index is 0.151. The zero-order valence-electron chi connectivity index (χ0n) is 25.6. The van der Waals surface area contributed by atoms with Crippen molar-refractivity contribution in [2.45, 2.75) is 98.9 Å². The Morgan fingerprint density at radius 3 is 2.63 bits per heavy atom. The van der Waals surface area contributed by atoms with E-state index in [-0.39, 0.29) is 36.9 Å². The summed E-state index contributed by atoms with van der Waals surface area (Å²) >= 11 is 1.55. The molecule has 2 heterocycles. The first kappa shape index (κ1) is 34.7. The number of hydrogen-bond acceptors (Lipinski definition) is 9. The molecule has 1 aliphatic rings. The molecule has 8 nitrogen and oxygen atoms in total. The molecule has 0 fully saturated rings. The molecule has 0 saturated heterocycles. The molecular weight excluding hydrogens is 540 g/mol. The van der Waals surface area contributed by atoms with Crippen molar-refractivity contribution < 1.29 is 29.0 Å². The molecule has 41 heavy (non-hydrogen) atoms. The van der Waals surface area contributed by atoms with E-state index in [9.17, 15) is 19.5 Å². The fraction of sp³-hybridized carbons (Fsp3) is 0.625. The van der Waals surface area contributed by atoms with E-state index in [1.165, 1.54) is 0 Å². The van der Waals surface area contributed by atoms with Crippen LogP contribution in [0.1, 0.15) is 84.3 Å². The van der Waals surface area contributed by atoms with Gasteiger partial charge in [0, 0.05) is 30.1 Å². The van der Waals surface area contributed by atoms with Crippen molar-refractivity contribution in [2.24, 2.45) is 23.0 Å². The molecule has 0 unspecified atom stereocenters. The van der Waals surface area contributed by atoms with Crippen LogP contribution in [0.15, 0.2) is 34.8 Å². The molecule has 0 aromatic carbocycles. The van der Waals surface area contributed by atoms with E-state index in [2.05, 4.69) is 11.1 Å². The molecule has 0 aliphatic carbocycles. The minimum Gasteiger partial charge on any atom is -0.457 e. The number of aliphatic hydroxyl groups is 1. The molecule has 5 atom stereocenters. The fourth-order valence-corrected chi connectivity index (χ4v) is 5.45. The number of nitrogens with zero attached hydrogens (tertiary/aromatic N) is 1. The topological polar surface area (TPSA) is 129 Å². The van der Waals surface area contributed by atoms with E-state index in [0.29, 0.717) is 25.8 Å². The molecule has 228 valence electrons. The van der Waals surface area contributed by atoms with Crippen LogP contribution in [-0.4, -0.2) is 59.1 Å². The fourth-order valence-electron chi connectivity index (χ4n) is 4.87. The number of allylic oxidation sites excluding steroid dienone is 2. The number of nitrogens with two attached hydrogens (primary N) is 1. The minimum atomic E-state index is -1.18. The number of esters is 1. The van der Waals surface area contributed by atoms with Crippen molar-refractivity contribution in [3.63, 3.8) is 0 Å². The summed E-state index contributed by atoms with van der Waals surface area (Å²) in [5.41, 5.74) is 7.10. The molecule has 2 rings (SSSR count). The summed E-state index contributed by atoms with van der Waals surface area (Å²) in [6, 6.07) is 0. The molecule has 0 saturated carbocycles. The molecular formula is C32H48N2O6S. The summed E-state index contributed by atoms with van der Waals surface area (Å²) in [6.07, 6.45) is 7.23. The van der Waals surface area contributed by atoms with Gasteiger partial charge in [0.25, 0.3) is 0 Å². The third-order valence-corrected chi connectivity index (χ3v) is 8.51. The maximum absolute atomic E-state index is 13.7. The lowest BCUT2D eigenvalue weighted by atomic mass is 9.73. The van der Waals surface area contributed by atoms with Gasteiger partial charge in [0.05, 0.1) is 34.7 Å². The van der Waals surface area contributed by atoms with Crippen LogP contribution in [0.5, 0.6) is 0 Å². The van der Waals surface area contributed by atoms with Gasteiger partial charge in [-0.25, -0.2) is 4.98 Å². The van der Waals surface area contributed by atoms with Gasteiger partial charge in [-0.15, -0.1) is 11.3 Å². The maximum atomic E-state index is 13.7. The highest BCUT2D eigenvalue weighted by molar-refractivity contribution is 7.09. The number of carbonyl (C=O) groups excluding carboxylic acids is 3. The number of rotatable bonds is 8. The molecule has 9 heteroatoms. The number of aromatic nitrogens is 1. The van der Waals surface area contributed by atoms with Gasteiger partial charge in [-0.3, -0.25) is 14.4 Å². The lowest BCUT2D eigenvalue weighted by Gasteiger charge is -2.36. The van der Waals surface area contributed by atoms with E-state index < -0.39 is 35.6 Å². The van der Waals surface area contributed by atoms with Crippen LogP contribution in [0.3, 0.4) is 0 Å². The first-order valence-electron chi connectivity index (χ1n) is 14.4. The van der Waals surface area contributed by atoms with Crippen LogP contribution in [-0.2, 0) is 23.9 Å². The van der Waals surface area contributed by atoms with E-state index in [0.717, 1.165) is 21.8 Å². The highest BCUT2D eigenvalue weighted by atomic mass is 32.1. The zero-order valence-corrected chi connectivity index (χ0v) is 26.5. The highest BCUT2D eigenvalue weighted by Gasteiger charge is 2.43. The number of Topliss-reactive ketones (excluding diaryl/α,β-unsaturated/α-hetero) is 2. The molecule has 0 spiro atoms. The summed E-state index contributed by atoms with van der Waals surface area (Å²) < 4.78 is 12.0. The monoisotopic (exact) mass is 588 g/mol. The molecule has 0 bridgehead atoms. The molecule has 1 aliphatic heterocycles.